The Labute approximate surface area is 68.8 Å². The Morgan fingerprint density at radius 2 is 2.25 bits per heavy atom. The molecule has 0 fully saturated rings. The van der Waals surface area contributed by atoms with E-state index in [1.165, 1.54) is 6.11 Å². The first kappa shape index (κ1) is 11.3. The van der Waals surface area contributed by atoms with Crippen LogP contribution in [0.3, 0.4) is 0 Å². The Hall–Kier alpha value is 0.510. The van der Waals surface area contributed by atoms with Crippen molar-refractivity contribution in [3.63, 3.8) is 0 Å². The minimum Gasteiger partial charge on any atom is -0.746 e. The number of hydrogen-bond acceptors (Lipinski definition) is 3. The van der Waals surface area contributed by atoms with Gasteiger partial charge in [-0.1, -0.05) is 6.42 Å². The first-order valence-electron chi connectivity index (χ1n) is 1.24. The fourth-order valence-electron chi connectivity index (χ4n) is 0.0666. The van der Waals surface area contributed by atoms with E-state index in [9.17, 15) is 9.46 Å². The number of terminal acetylenes is 1. The zero-order valence-corrected chi connectivity index (χ0v) is 7.09. The quantitative estimate of drug-likeness (QED) is 0.232. The average Bonchev–Trinajstić information content (AvgIpc) is 1.30. The third kappa shape index (κ3) is 9.72. The molecule has 4 nitrogen and oxygen atoms in total. The second kappa shape index (κ2) is 4.39. The normalized spacial score (nSPS) is 14.6. The van der Waals surface area contributed by atoms with Gasteiger partial charge >= 0.3 is 37.4 Å². The van der Waals surface area contributed by atoms with Crippen molar-refractivity contribution < 1.29 is 48.4 Å². The van der Waals surface area contributed by atoms with Crippen molar-refractivity contribution in [2.45, 2.75) is 0 Å². The van der Waals surface area contributed by atoms with Crippen molar-refractivity contribution in [3.8, 4) is 12.5 Å². The molecule has 1 N–H and O–H groups in total. The van der Waals surface area contributed by atoms with Crippen molar-refractivity contribution >= 4 is 7.82 Å². The summed E-state index contributed by atoms with van der Waals surface area (Å²) in [5, 5.41) is 0. The van der Waals surface area contributed by atoms with Crippen LogP contribution >= 0.6 is 7.82 Å². The largest absolute Gasteiger partial charge is 1.00 e. The van der Waals surface area contributed by atoms with E-state index >= 15 is 0 Å². The maximum Gasteiger partial charge on any atom is 1.00 e. The topological polar surface area (TPSA) is 69.6 Å². The summed E-state index contributed by atoms with van der Waals surface area (Å²) in [5.41, 5.74) is 0. The molecule has 6 heteroatoms. The summed E-state index contributed by atoms with van der Waals surface area (Å²) in [4.78, 5) is 17.1. The van der Waals surface area contributed by atoms with Gasteiger partial charge in [-0.25, -0.2) is 0 Å². The molecule has 0 aliphatic rings. The number of phosphoric acid groups is 1. The molecule has 0 heterocycles. The Bertz CT molecular complexity index is 131. The molecule has 8 heavy (non-hydrogen) atoms. The van der Waals surface area contributed by atoms with E-state index in [4.69, 9.17) is 4.89 Å². The van der Waals surface area contributed by atoms with Gasteiger partial charge in [-0.3, -0.25) is 4.57 Å². The molecule has 0 aliphatic carbocycles. The first-order chi connectivity index (χ1) is 3.06. The van der Waals surface area contributed by atoms with E-state index in [0.717, 1.165) is 0 Å². The summed E-state index contributed by atoms with van der Waals surface area (Å²) in [6.45, 7) is 0. The third-order valence-corrected chi connectivity index (χ3v) is 0.504. The SMILES string of the molecule is C#COP(=O)([O-])O.[Na+]. The molecule has 1 unspecified atom stereocenters. The van der Waals surface area contributed by atoms with Gasteiger partial charge in [0.15, 0.2) is 0 Å². The molecule has 0 aliphatic heterocycles. The summed E-state index contributed by atoms with van der Waals surface area (Å²) >= 11 is 0. The molecule has 0 aromatic heterocycles. The second-order valence-electron chi connectivity index (χ2n) is 0.678. The van der Waals surface area contributed by atoms with Crippen LogP contribution in [-0.4, -0.2) is 4.89 Å². The van der Waals surface area contributed by atoms with Gasteiger partial charge in [-0.2, -0.15) is 0 Å². The Kier molecular flexibility index (Phi) is 6.22. The fourth-order valence-corrected chi connectivity index (χ4v) is 0.200. The van der Waals surface area contributed by atoms with Crippen molar-refractivity contribution in [1.82, 2.24) is 0 Å². The van der Waals surface area contributed by atoms with Gasteiger partial charge in [0.05, 0.1) is 0 Å². The number of hydrogen-bond donors (Lipinski definition) is 1. The van der Waals surface area contributed by atoms with Crippen molar-refractivity contribution in [2.24, 2.45) is 0 Å². The molecule has 0 aromatic carbocycles. The molecule has 0 rings (SSSR count). The van der Waals surface area contributed by atoms with Crippen LogP contribution in [0.15, 0.2) is 0 Å². The summed E-state index contributed by atoms with van der Waals surface area (Å²) in [5.74, 6) is 0. The van der Waals surface area contributed by atoms with Crippen LogP contribution in [0.2, 0.25) is 0 Å². The molecule has 0 aromatic rings. The maximum atomic E-state index is 9.45. The third-order valence-electron chi connectivity index (χ3n) is 0.168. The van der Waals surface area contributed by atoms with Crippen molar-refractivity contribution in [2.75, 3.05) is 0 Å². The first-order valence-corrected chi connectivity index (χ1v) is 2.74. The molecule has 0 radical (unpaired) electrons. The van der Waals surface area contributed by atoms with Gasteiger partial charge in [0.2, 0.25) is 0 Å². The van der Waals surface area contributed by atoms with Crippen molar-refractivity contribution in [1.29, 1.82) is 0 Å². The van der Waals surface area contributed by atoms with Gasteiger partial charge in [-0.15, -0.1) is 0 Å². The smallest absolute Gasteiger partial charge is 0.746 e. The van der Waals surface area contributed by atoms with Crippen LogP contribution in [0.5, 0.6) is 0 Å². The second-order valence-corrected chi connectivity index (χ2v) is 1.80. The van der Waals surface area contributed by atoms with Crippen LogP contribution in [0.4, 0.5) is 0 Å². The van der Waals surface area contributed by atoms with Crippen LogP contribution < -0.4 is 34.5 Å². The molecule has 0 spiro atoms. The minimum atomic E-state index is -4.65. The zero-order chi connectivity index (χ0) is 5.91. The van der Waals surface area contributed by atoms with Crippen LogP contribution in [0.25, 0.3) is 0 Å². The van der Waals surface area contributed by atoms with Gasteiger partial charge in [-0.05, 0) is 0 Å². The maximum absolute atomic E-state index is 9.45. The van der Waals surface area contributed by atoms with E-state index in [-0.39, 0.29) is 29.6 Å². The van der Waals surface area contributed by atoms with E-state index in [2.05, 4.69) is 10.9 Å². The fraction of sp³-hybridized carbons (Fsp3) is 0. The van der Waals surface area contributed by atoms with Crippen LogP contribution in [0, 0.1) is 12.5 Å². The molecule has 0 amide bonds. The summed E-state index contributed by atoms with van der Waals surface area (Å²) in [6, 6.07) is 0. The summed E-state index contributed by atoms with van der Waals surface area (Å²) in [7, 11) is -4.65. The number of phosphoric ester groups is 1. The Morgan fingerprint density at radius 1 is 1.88 bits per heavy atom. The van der Waals surface area contributed by atoms with E-state index in [0.29, 0.717) is 0 Å². The molecule has 40 valence electrons. The molecule has 0 saturated heterocycles. The standard InChI is InChI=1S/C2H3O4P.Na/c1-2-6-7(3,4)5;/h1H,(H2,3,4,5);/q;+1/p-1. The summed E-state index contributed by atoms with van der Waals surface area (Å²) in [6.07, 6.45) is 5.59. The Balaban J connectivity index is 0. The van der Waals surface area contributed by atoms with Crippen LogP contribution in [-0.2, 0) is 9.09 Å². The molecule has 0 saturated carbocycles. The van der Waals surface area contributed by atoms with Crippen LogP contribution in [0.1, 0.15) is 0 Å². The van der Waals surface area contributed by atoms with E-state index < -0.39 is 7.82 Å². The monoisotopic (exact) mass is 144 g/mol. The van der Waals surface area contributed by atoms with Gasteiger partial charge < -0.3 is 14.3 Å². The minimum absolute atomic E-state index is 0. The Morgan fingerprint density at radius 3 is 2.25 bits per heavy atom. The number of rotatable bonds is 1. The predicted octanol–water partition coefficient (Wildman–Crippen LogP) is -3.94. The molecule has 0 bridgehead atoms. The van der Waals surface area contributed by atoms with Gasteiger partial charge in [0.25, 0.3) is 0 Å². The average molecular weight is 144 g/mol. The molecular formula is C2H2NaO4P. The molecular weight excluding hydrogens is 142 g/mol. The molecule has 1 atom stereocenters. The van der Waals surface area contributed by atoms with Gasteiger partial charge in [0, 0.05) is 0 Å². The summed E-state index contributed by atoms with van der Waals surface area (Å²) < 4.78 is 12.8. The zero-order valence-electron chi connectivity index (χ0n) is 4.20. The van der Waals surface area contributed by atoms with Gasteiger partial charge in [0.1, 0.15) is 6.11 Å². The van der Waals surface area contributed by atoms with E-state index in [1.807, 2.05) is 0 Å². The predicted molar refractivity (Wildman–Crippen MR) is 19.7 cm³/mol. The van der Waals surface area contributed by atoms with E-state index in [1.54, 1.807) is 0 Å². The van der Waals surface area contributed by atoms with Crippen molar-refractivity contribution in [3.05, 3.63) is 0 Å².